The van der Waals surface area contributed by atoms with Crippen molar-refractivity contribution in [1.82, 2.24) is 9.35 Å². The van der Waals surface area contributed by atoms with Crippen LogP contribution >= 0.6 is 0 Å². The van der Waals surface area contributed by atoms with Crippen molar-refractivity contribution in [2.75, 3.05) is 0 Å². The van der Waals surface area contributed by atoms with E-state index in [0.29, 0.717) is 5.75 Å². The zero-order valence-electron chi connectivity index (χ0n) is 10.2. The summed E-state index contributed by atoms with van der Waals surface area (Å²) in [5.74, 6) is 0.313. The maximum absolute atomic E-state index is 9.87. The second-order valence-corrected chi connectivity index (χ2v) is 4.59. The number of phenols is 1. The van der Waals surface area contributed by atoms with Crippen LogP contribution in [0.3, 0.4) is 0 Å². The average Bonchev–Trinajstić information content (AvgIpc) is 3.02. The summed E-state index contributed by atoms with van der Waals surface area (Å²) in [6.07, 6.45) is 4.00. The Hall–Kier alpha value is -2.68. The minimum atomic E-state index is 0.313. The van der Waals surface area contributed by atoms with Crippen molar-refractivity contribution < 1.29 is 5.11 Å². The molecule has 3 heteroatoms. The summed E-state index contributed by atoms with van der Waals surface area (Å²) in [5.41, 5.74) is 2.13. The van der Waals surface area contributed by atoms with Gasteiger partial charge in [-0.2, -0.15) is 0 Å². The lowest BCUT2D eigenvalue weighted by atomic mass is 10.2. The number of benzene rings is 2. The van der Waals surface area contributed by atoms with Gasteiger partial charge in [0.25, 0.3) is 0 Å². The number of hydrogen-bond donors (Lipinski definition) is 1. The van der Waals surface area contributed by atoms with Crippen LogP contribution in [0.4, 0.5) is 0 Å². The third kappa shape index (κ3) is 1.38. The van der Waals surface area contributed by atoms with Gasteiger partial charge in [0.2, 0.25) is 0 Å². The van der Waals surface area contributed by atoms with Gasteiger partial charge in [-0.1, -0.05) is 24.3 Å². The summed E-state index contributed by atoms with van der Waals surface area (Å²) < 4.78 is 4.12. The van der Waals surface area contributed by atoms with E-state index in [4.69, 9.17) is 0 Å². The van der Waals surface area contributed by atoms with E-state index in [9.17, 15) is 5.11 Å². The highest BCUT2D eigenvalue weighted by Crippen LogP contribution is 2.26. The van der Waals surface area contributed by atoms with Crippen LogP contribution in [0.1, 0.15) is 0 Å². The quantitative estimate of drug-likeness (QED) is 0.548. The van der Waals surface area contributed by atoms with Crippen molar-refractivity contribution in [3.05, 3.63) is 67.0 Å². The molecular formula is C16H12N2O. The lowest BCUT2D eigenvalue weighted by Gasteiger charge is -2.09. The molecule has 0 amide bonds. The minimum Gasteiger partial charge on any atom is -0.507 e. The smallest absolute Gasteiger partial charge is 0.125 e. The van der Waals surface area contributed by atoms with Crippen molar-refractivity contribution in [3.63, 3.8) is 0 Å². The third-order valence-electron chi connectivity index (χ3n) is 3.50. The van der Waals surface area contributed by atoms with E-state index in [0.717, 1.165) is 16.4 Å². The van der Waals surface area contributed by atoms with Crippen molar-refractivity contribution in [2.24, 2.45) is 0 Å². The molecule has 0 unspecified atom stereocenters. The fourth-order valence-corrected chi connectivity index (χ4v) is 2.58. The van der Waals surface area contributed by atoms with Crippen LogP contribution in [0, 0.1) is 0 Å². The predicted octanol–water partition coefficient (Wildman–Crippen LogP) is 3.61. The lowest BCUT2D eigenvalue weighted by Crippen LogP contribution is -2.05. The average molecular weight is 248 g/mol. The van der Waals surface area contributed by atoms with Gasteiger partial charge < -0.3 is 5.11 Å². The van der Waals surface area contributed by atoms with Gasteiger partial charge in [0.05, 0.1) is 11.0 Å². The van der Waals surface area contributed by atoms with Crippen LogP contribution in [-0.2, 0) is 0 Å². The Morgan fingerprint density at radius 1 is 0.684 bits per heavy atom. The molecule has 92 valence electrons. The Balaban J connectivity index is 2.07. The van der Waals surface area contributed by atoms with Gasteiger partial charge in [0.1, 0.15) is 5.75 Å². The molecule has 0 radical (unpaired) electrons. The monoisotopic (exact) mass is 248 g/mol. The largest absolute Gasteiger partial charge is 0.507 e. The molecule has 0 fully saturated rings. The summed E-state index contributed by atoms with van der Waals surface area (Å²) in [7, 11) is 0. The third-order valence-corrected chi connectivity index (χ3v) is 3.50. The van der Waals surface area contributed by atoms with Crippen LogP contribution in [0.2, 0.25) is 0 Å². The molecule has 19 heavy (non-hydrogen) atoms. The van der Waals surface area contributed by atoms with Gasteiger partial charge in [-0.3, -0.25) is 9.35 Å². The number of aromatic nitrogens is 2. The summed E-state index contributed by atoms with van der Waals surface area (Å²) in [6.45, 7) is 0. The fourth-order valence-electron chi connectivity index (χ4n) is 2.58. The Morgan fingerprint density at radius 3 is 2.37 bits per heavy atom. The fraction of sp³-hybridized carbons (Fsp3) is 0. The first kappa shape index (κ1) is 10.3. The highest BCUT2D eigenvalue weighted by molar-refractivity contribution is 5.87. The molecule has 0 spiro atoms. The highest BCUT2D eigenvalue weighted by Gasteiger charge is 2.07. The van der Waals surface area contributed by atoms with E-state index in [-0.39, 0.29) is 0 Å². The molecule has 0 saturated carbocycles. The first-order valence-corrected chi connectivity index (χ1v) is 6.20. The zero-order valence-corrected chi connectivity index (χ0v) is 10.2. The molecule has 0 atom stereocenters. The predicted molar refractivity (Wildman–Crippen MR) is 76.3 cm³/mol. The van der Waals surface area contributed by atoms with Crippen LogP contribution in [0.15, 0.2) is 67.0 Å². The molecule has 0 saturated heterocycles. The maximum Gasteiger partial charge on any atom is 0.125 e. The number of fused-ring (bicyclic) bond motifs is 2. The summed E-state index contributed by atoms with van der Waals surface area (Å²) in [6, 6.07) is 17.8. The van der Waals surface area contributed by atoms with Crippen molar-refractivity contribution in [2.45, 2.75) is 0 Å². The summed E-state index contributed by atoms with van der Waals surface area (Å²) >= 11 is 0. The molecule has 2 aromatic heterocycles. The number of rotatable bonds is 1. The molecule has 3 nitrogen and oxygen atoms in total. The van der Waals surface area contributed by atoms with Gasteiger partial charge in [-0.25, -0.2) is 0 Å². The minimum absolute atomic E-state index is 0.313. The molecule has 2 aromatic carbocycles. The summed E-state index contributed by atoms with van der Waals surface area (Å²) in [4.78, 5) is 0. The molecule has 0 bridgehead atoms. The van der Waals surface area contributed by atoms with E-state index >= 15 is 0 Å². The van der Waals surface area contributed by atoms with Gasteiger partial charge in [0, 0.05) is 23.2 Å². The lowest BCUT2D eigenvalue weighted by molar-refractivity contribution is 0.481. The first-order valence-electron chi connectivity index (χ1n) is 6.20. The van der Waals surface area contributed by atoms with Crippen LogP contribution in [0.25, 0.3) is 21.8 Å². The van der Waals surface area contributed by atoms with Crippen molar-refractivity contribution >= 4 is 21.8 Å². The number of aromatic hydroxyl groups is 1. The highest BCUT2D eigenvalue weighted by atomic mass is 16.3. The van der Waals surface area contributed by atoms with E-state index < -0.39 is 0 Å². The van der Waals surface area contributed by atoms with Crippen molar-refractivity contribution in [1.29, 1.82) is 0 Å². The first-order chi connectivity index (χ1) is 9.34. The van der Waals surface area contributed by atoms with Crippen molar-refractivity contribution in [3.8, 4) is 5.75 Å². The number of nitrogens with zero attached hydrogens (tertiary/aromatic N) is 2. The van der Waals surface area contributed by atoms with Crippen LogP contribution < -0.4 is 0 Å². The number of para-hydroxylation sites is 1. The van der Waals surface area contributed by atoms with Gasteiger partial charge in [-0.15, -0.1) is 0 Å². The topological polar surface area (TPSA) is 30.1 Å². The second kappa shape index (κ2) is 3.65. The van der Waals surface area contributed by atoms with Gasteiger partial charge in [0.15, 0.2) is 0 Å². The van der Waals surface area contributed by atoms with Gasteiger partial charge >= 0.3 is 0 Å². The SMILES string of the molecule is Oc1cccc2c1ccn2-n1ccc2ccccc21. The maximum atomic E-state index is 9.87. The molecule has 2 heterocycles. The van der Waals surface area contributed by atoms with E-state index in [1.54, 1.807) is 6.07 Å². The van der Waals surface area contributed by atoms with Gasteiger partial charge in [-0.05, 0) is 30.3 Å². The molecule has 4 aromatic rings. The molecule has 0 aliphatic heterocycles. The molecule has 0 aliphatic rings. The molecule has 0 aliphatic carbocycles. The van der Waals surface area contributed by atoms with Crippen LogP contribution in [0.5, 0.6) is 5.75 Å². The molecular weight excluding hydrogens is 236 g/mol. The Morgan fingerprint density at radius 2 is 1.42 bits per heavy atom. The van der Waals surface area contributed by atoms with Crippen LogP contribution in [-0.4, -0.2) is 14.5 Å². The zero-order chi connectivity index (χ0) is 12.8. The normalized spacial score (nSPS) is 11.4. The van der Waals surface area contributed by atoms with E-state index in [1.165, 1.54) is 5.39 Å². The Bertz CT molecular complexity index is 886. The standard InChI is InChI=1S/C16H12N2O/c19-16-7-3-6-15-13(16)9-11-18(15)17-10-8-12-4-1-2-5-14(12)17/h1-11,19H. The molecule has 4 rings (SSSR count). The Kier molecular flexibility index (Phi) is 1.97. The van der Waals surface area contributed by atoms with E-state index in [2.05, 4.69) is 22.9 Å². The Labute approximate surface area is 109 Å². The molecule has 1 N–H and O–H groups in total. The number of phenolic OH excluding ortho intramolecular Hbond substituents is 1. The summed E-state index contributed by atoms with van der Waals surface area (Å²) in [5, 5.41) is 11.9. The second-order valence-electron chi connectivity index (χ2n) is 4.59. The number of hydrogen-bond acceptors (Lipinski definition) is 1. The van der Waals surface area contributed by atoms with E-state index in [1.807, 2.05) is 47.4 Å².